The fourth-order valence-corrected chi connectivity index (χ4v) is 3.21. The highest BCUT2D eigenvalue weighted by Gasteiger charge is 2.10. The van der Waals surface area contributed by atoms with Crippen molar-refractivity contribution in [2.24, 2.45) is 0 Å². The highest BCUT2D eigenvalue weighted by atomic mass is 16.5. The molecule has 3 rings (SSSR count). The first-order valence-electron chi connectivity index (χ1n) is 10.4. The van der Waals surface area contributed by atoms with E-state index >= 15 is 0 Å². The summed E-state index contributed by atoms with van der Waals surface area (Å²) in [6, 6.07) is 15.5. The number of nitrogens with zero attached hydrogens (tertiary/aromatic N) is 2. The van der Waals surface area contributed by atoms with Gasteiger partial charge in [0.1, 0.15) is 11.5 Å². The lowest BCUT2D eigenvalue weighted by atomic mass is 10.1. The van der Waals surface area contributed by atoms with Crippen LogP contribution >= 0.6 is 0 Å². The SMILES string of the molecule is COc1ccc(-c2ccc(=O)n(CCCC(=O)Nc3cc(NC(C)=O)ccc3OC)n2)cc1. The van der Waals surface area contributed by atoms with Crippen molar-refractivity contribution in [2.75, 3.05) is 24.9 Å². The summed E-state index contributed by atoms with van der Waals surface area (Å²) in [4.78, 5) is 36.0. The van der Waals surface area contributed by atoms with Crippen LogP contribution in [0.2, 0.25) is 0 Å². The molecule has 172 valence electrons. The van der Waals surface area contributed by atoms with Crippen LogP contribution in [-0.2, 0) is 16.1 Å². The number of carbonyl (C=O) groups excluding carboxylic acids is 2. The second kappa shape index (κ2) is 10.9. The van der Waals surface area contributed by atoms with Gasteiger partial charge in [-0.15, -0.1) is 0 Å². The Morgan fingerprint density at radius 2 is 1.73 bits per heavy atom. The number of hydrogen-bond acceptors (Lipinski definition) is 6. The Kier molecular flexibility index (Phi) is 7.80. The minimum absolute atomic E-state index is 0.175. The van der Waals surface area contributed by atoms with Crippen molar-refractivity contribution in [3.05, 3.63) is 65.0 Å². The molecular weight excluding hydrogens is 424 g/mol. The van der Waals surface area contributed by atoms with Crippen molar-refractivity contribution in [1.29, 1.82) is 0 Å². The first-order valence-corrected chi connectivity index (χ1v) is 10.4. The lowest BCUT2D eigenvalue weighted by Crippen LogP contribution is -2.23. The maximum atomic E-state index is 12.5. The van der Waals surface area contributed by atoms with Crippen LogP contribution in [0.4, 0.5) is 11.4 Å². The average molecular weight is 450 g/mol. The van der Waals surface area contributed by atoms with Crippen LogP contribution in [0, 0.1) is 0 Å². The van der Waals surface area contributed by atoms with E-state index in [1.807, 2.05) is 24.3 Å². The Labute approximate surface area is 191 Å². The summed E-state index contributed by atoms with van der Waals surface area (Å²) in [5, 5.41) is 9.87. The summed E-state index contributed by atoms with van der Waals surface area (Å²) >= 11 is 0. The predicted molar refractivity (Wildman–Crippen MR) is 126 cm³/mol. The molecule has 0 atom stereocenters. The molecule has 0 radical (unpaired) electrons. The third-order valence-electron chi connectivity index (χ3n) is 4.82. The van der Waals surface area contributed by atoms with Gasteiger partial charge in [-0.1, -0.05) is 0 Å². The van der Waals surface area contributed by atoms with Crippen LogP contribution in [0.5, 0.6) is 11.5 Å². The normalized spacial score (nSPS) is 10.4. The van der Waals surface area contributed by atoms with Gasteiger partial charge in [-0.3, -0.25) is 14.4 Å². The van der Waals surface area contributed by atoms with Gasteiger partial charge in [-0.05, 0) is 55.0 Å². The number of amides is 2. The molecule has 0 bridgehead atoms. The third kappa shape index (κ3) is 6.42. The molecule has 1 heterocycles. The van der Waals surface area contributed by atoms with Crippen molar-refractivity contribution in [1.82, 2.24) is 9.78 Å². The lowest BCUT2D eigenvalue weighted by molar-refractivity contribution is -0.116. The van der Waals surface area contributed by atoms with Crippen molar-refractivity contribution in [2.45, 2.75) is 26.3 Å². The Morgan fingerprint density at radius 3 is 2.39 bits per heavy atom. The largest absolute Gasteiger partial charge is 0.497 e. The standard InChI is InChI=1S/C24H26N4O5/c1-16(29)25-18-8-12-22(33-3)21(15-18)26-23(30)5-4-14-28-24(31)13-11-20(27-28)17-6-9-19(32-2)10-7-17/h6-13,15H,4-5,14H2,1-3H3,(H,25,29)(H,26,30). The summed E-state index contributed by atoms with van der Waals surface area (Å²) in [6.45, 7) is 1.70. The molecular formula is C24H26N4O5. The number of benzene rings is 2. The zero-order chi connectivity index (χ0) is 23.8. The van der Waals surface area contributed by atoms with Crippen molar-refractivity contribution in [3.8, 4) is 22.8 Å². The van der Waals surface area contributed by atoms with E-state index in [1.54, 1.807) is 31.4 Å². The maximum absolute atomic E-state index is 12.5. The number of ether oxygens (including phenoxy) is 2. The van der Waals surface area contributed by atoms with Crippen molar-refractivity contribution >= 4 is 23.2 Å². The van der Waals surface area contributed by atoms with E-state index in [0.29, 0.717) is 35.8 Å². The third-order valence-corrected chi connectivity index (χ3v) is 4.82. The van der Waals surface area contributed by atoms with Crippen LogP contribution in [-0.4, -0.2) is 35.8 Å². The molecule has 33 heavy (non-hydrogen) atoms. The van der Waals surface area contributed by atoms with Gasteiger partial charge in [-0.2, -0.15) is 5.10 Å². The minimum atomic E-state index is -0.243. The molecule has 0 aliphatic rings. The van der Waals surface area contributed by atoms with E-state index < -0.39 is 0 Å². The van der Waals surface area contributed by atoms with Crippen LogP contribution in [0.3, 0.4) is 0 Å². The van der Waals surface area contributed by atoms with Crippen molar-refractivity contribution < 1.29 is 19.1 Å². The Balaban J connectivity index is 1.62. The van der Waals surface area contributed by atoms with E-state index in [1.165, 1.54) is 24.8 Å². The van der Waals surface area contributed by atoms with Crippen molar-refractivity contribution in [3.63, 3.8) is 0 Å². The van der Waals surface area contributed by atoms with Gasteiger partial charge in [0, 0.05) is 37.2 Å². The van der Waals surface area contributed by atoms with E-state index in [4.69, 9.17) is 9.47 Å². The number of rotatable bonds is 9. The van der Waals surface area contributed by atoms with Crippen LogP contribution in [0.1, 0.15) is 19.8 Å². The van der Waals surface area contributed by atoms with Gasteiger partial charge in [0.15, 0.2) is 0 Å². The second-order valence-corrected chi connectivity index (χ2v) is 7.26. The van der Waals surface area contributed by atoms with Crippen LogP contribution in [0.15, 0.2) is 59.4 Å². The number of anilines is 2. The monoisotopic (exact) mass is 450 g/mol. The van der Waals surface area contributed by atoms with Gasteiger partial charge in [-0.25, -0.2) is 4.68 Å². The van der Waals surface area contributed by atoms with Gasteiger partial charge < -0.3 is 20.1 Å². The zero-order valence-electron chi connectivity index (χ0n) is 18.8. The number of nitrogens with one attached hydrogen (secondary N) is 2. The van der Waals surface area contributed by atoms with Gasteiger partial charge in [0.25, 0.3) is 5.56 Å². The highest BCUT2D eigenvalue weighted by molar-refractivity contribution is 5.94. The number of hydrogen-bond donors (Lipinski definition) is 2. The summed E-state index contributed by atoms with van der Waals surface area (Å²) < 4.78 is 11.8. The van der Waals surface area contributed by atoms with E-state index in [-0.39, 0.29) is 23.8 Å². The van der Waals surface area contributed by atoms with Crippen LogP contribution in [0.25, 0.3) is 11.3 Å². The van der Waals surface area contributed by atoms with E-state index in [9.17, 15) is 14.4 Å². The first kappa shape index (κ1) is 23.5. The summed E-state index contributed by atoms with van der Waals surface area (Å²) in [7, 11) is 3.09. The highest BCUT2D eigenvalue weighted by Crippen LogP contribution is 2.28. The molecule has 2 N–H and O–H groups in total. The molecule has 0 saturated heterocycles. The number of methoxy groups -OCH3 is 2. The minimum Gasteiger partial charge on any atom is -0.497 e. The Hall–Kier alpha value is -4.14. The molecule has 0 aliphatic carbocycles. The Bertz CT molecular complexity index is 1190. The quantitative estimate of drug-likeness (QED) is 0.517. The van der Waals surface area contributed by atoms with Gasteiger partial charge in [0.05, 0.1) is 25.6 Å². The van der Waals surface area contributed by atoms with Gasteiger partial charge in [0.2, 0.25) is 11.8 Å². The lowest BCUT2D eigenvalue weighted by Gasteiger charge is -2.12. The molecule has 0 saturated carbocycles. The number of carbonyl (C=O) groups is 2. The average Bonchev–Trinajstić information content (AvgIpc) is 2.80. The summed E-state index contributed by atoms with van der Waals surface area (Å²) in [6.07, 6.45) is 0.590. The first-order chi connectivity index (χ1) is 15.9. The predicted octanol–water partition coefficient (Wildman–Crippen LogP) is 3.30. The smallest absolute Gasteiger partial charge is 0.266 e. The molecule has 1 aromatic heterocycles. The van der Waals surface area contributed by atoms with E-state index in [2.05, 4.69) is 15.7 Å². The number of aromatic nitrogens is 2. The topological polar surface area (TPSA) is 112 Å². The van der Waals surface area contributed by atoms with Gasteiger partial charge >= 0.3 is 0 Å². The zero-order valence-corrected chi connectivity index (χ0v) is 18.8. The molecule has 2 aromatic carbocycles. The van der Waals surface area contributed by atoms with Crippen LogP contribution < -0.4 is 25.7 Å². The number of aryl methyl sites for hydroxylation is 1. The summed E-state index contributed by atoms with van der Waals surface area (Å²) in [5.41, 5.74) is 2.27. The molecule has 3 aromatic rings. The summed E-state index contributed by atoms with van der Waals surface area (Å²) in [5.74, 6) is 0.750. The molecule has 0 fully saturated rings. The molecule has 0 unspecified atom stereocenters. The fourth-order valence-electron chi connectivity index (χ4n) is 3.21. The molecule has 9 heteroatoms. The molecule has 0 aliphatic heterocycles. The molecule has 2 amide bonds. The molecule has 0 spiro atoms. The molecule has 9 nitrogen and oxygen atoms in total. The second-order valence-electron chi connectivity index (χ2n) is 7.26. The maximum Gasteiger partial charge on any atom is 0.266 e. The Morgan fingerprint density at radius 1 is 0.970 bits per heavy atom. The fraction of sp³-hybridized carbons (Fsp3) is 0.250. The van der Waals surface area contributed by atoms with E-state index in [0.717, 1.165) is 11.3 Å².